The third-order valence-electron chi connectivity index (χ3n) is 1.85. The quantitative estimate of drug-likeness (QED) is 0.680. The van der Waals surface area contributed by atoms with E-state index in [1.807, 2.05) is 6.92 Å². The molecular formula is C12H22O4. The van der Waals surface area contributed by atoms with Crippen LogP contribution in [0.5, 0.6) is 0 Å². The van der Waals surface area contributed by atoms with Gasteiger partial charge in [-0.2, -0.15) is 0 Å². The molecule has 94 valence electrons. The van der Waals surface area contributed by atoms with Crippen molar-refractivity contribution in [1.29, 1.82) is 0 Å². The van der Waals surface area contributed by atoms with E-state index in [1.54, 1.807) is 27.7 Å². The van der Waals surface area contributed by atoms with Gasteiger partial charge in [-0.25, -0.2) is 0 Å². The molecule has 4 heteroatoms. The van der Waals surface area contributed by atoms with Crippen molar-refractivity contribution in [3.05, 3.63) is 0 Å². The van der Waals surface area contributed by atoms with Gasteiger partial charge in [-0.1, -0.05) is 6.92 Å². The topological polar surface area (TPSA) is 52.6 Å². The third-order valence-corrected chi connectivity index (χ3v) is 1.85. The number of rotatable bonds is 5. The highest BCUT2D eigenvalue weighted by molar-refractivity contribution is 5.75. The maximum atomic E-state index is 11.5. The van der Waals surface area contributed by atoms with Crippen LogP contribution in [0.15, 0.2) is 0 Å². The van der Waals surface area contributed by atoms with E-state index in [-0.39, 0.29) is 18.5 Å². The second-order valence-corrected chi connectivity index (χ2v) is 4.90. The molecule has 0 bridgehead atoms. The summed E-state index contributed by atoms with van der Waals surface area (Å²) >= 11 is 0. The van der Waals surface area contributed by atoms with Crippen molar-refractivity contribution in [1.82, 2.24) is 0 Å². The van der Waals surface area contributed by atoms with E-state index in [4.69, 9.17) is 9.47 Å². The lowest BCUT2D eigenvalue weighted by molar-refractivity contribution is -0.164. The third kappa shape index (κ3) is 6.43. The predicted octanol–water partition coefficient (Wildman–Crippen LogP) is 2.31. The number of hydrogen-bond acceptors (Lipinski definition) is 4. The van der Waals surface area contributed by atoms with Gasteiger partial charge in [0.1, 0.15) is 12.7 Å². The largest absolute Gasteiger partial charge is 0.462 e. The number of ether oxygens (including phenoxy) is 2. The van der Waals surface area contributed by atoms with Gasteiger partial charge in [0.15, 0.2) is 0 Å². The van der Waals surface area contributed by atoms with Crippen LogP contribution in [0.3, 0.4) is 0 Å². The van der Waals surface area contributed by atoms with Gasteiger partial charge in [0.05, 0.1) is 5.41 Å². The second-order valence-electron chi connectivity index (χ2n) is 4.90. The lowest BCUT2D eigenvalue weighted by Gasteiger charge is -2.20. The smallest absolute Gasteiger partial charge is 0.311 e. The molecule has 0 spiro atoms. The van der Waals surface area contributed by atoms with Crippen LogP contribution in [-0.2, 0) is 19.1 Å². The standard InChI is InChI=1S/C12H22O4/c1-6-7-10(13)15-8-9(2)16-11(14)12(3,4)5/h9H,6-8H2,1-5H3. The van der Waals surface area contributed by atoms with Crippen molar-refractivity contribution in [3.63, 3.8) is 0 Å². The summed E-state index contributed by atoms with van der Waals surface area (Å²) in [4.78, 5) is 22.6. The molecule has 1 unspecified atom stereocenters. The molecule has 0 aromatic rings. The Hall–Kier alpha value is -1.06. The summed E-state index contributed by atoms with van der Waals surface area (Å²) in [5.41, 5.74) is -0.526. The predicted molar refractivity (Wildman–Crippen MR) is 60.9 cm³/mol. The van der Waals surface area contributed by atoms with E-state index in [9.17, 15) is 9.59 Å². The van der Waals surface area contributed by atoms with Gasteiger partial charge in [-0.05, 0) is 34.1 Å². The summed E-state index contributed by atoms with van der Waals surface area (Å²) in [6, 6.07) is 0. The fourth-order valence-corrected chi connectivity index (χ4v) is 0.880. The van der Waals surface area contributed by atoms with Crippen molar-refractivity contribution in [3.8, 4) is 0 Å². The van der Waals surface area contributed by atoms with Crippen LogP contribution >= 0.6 is 0 Å². The lowest BCUT2D eigenvalue weighted by Crippen LogP contribution is -2.29. The molecule has 1 atom stereocenters. The number of hydrogen-bond donors (Lipinski definition) is 0. The van der Waals surface area contributed by atoms with Gasteiger partial charge < -0.3 is 9.47 Å². The number of carbonyl (C=O) groups excluding carboxylic acids is 2. The summed E-state index contributed by atoms with van der Waals surface area (Å²) in [5.74, 6) is -0.535. The minimum Gasteiger partial charge on any atom is -0.462 e. The summed E-state index contributed by atoms with van der Waals surface area (Å²) in [7, 11) is 0. The van der Waals surface area contributed by atoms with Gasteiger partial charge in [0.25, 0.3) is 0 Å². The summed E-state index contributed by atoms with van der Waals surface area (Å²) in [6.07, 6.45) is 0.766. The summed E-state index contributed by atoms with van der Waals surface area (Å²) < 4.78 is 10.1. The molecule has 0 amide bonds. The van der Waals surface area contributed by atoms with Crippen LogP contribution < -0.4 is 0 Å². The molecule has 4 nitrogen and oxygen atoms in total. The molecule has 16 heavy (non-hydrogen) atoms. The zero-order chi connectivity index (χ0) is 12.8. The fraction of sp³-hybridized carbons (Fsp3) is 0.833. The first kappa shape index (κ1) is 14.9. The van der Waals surface area contributed by atoms with E-state index in [0.29, 0.717) is 6.42 Å². The lowest BCUT2D eigenvalue weighted by atomic mass is 9.97. The van der Waals surface area contributed by atoms with Gasteiger partial charge in [-0.15, -0.1) is 0 Å². The molecule has 0 saturated heterocycles. The van der Waals surface area contributed by atoms with E-state index in [2.05, 4.69) is 0 Å². The van der Waals surface area contributed by atoms with E-state index in [1.165, 1.54) is 0 Å². The van der Waals surface area contributed by atoms with Crippen LogP contribution in [0, 0.1) is 5.41 Å². The van der Waals surface area contributed by atoms with Crippen molar-refractivity contribution in [2.45, 2.75) is 53.6 Å². The van der Waals surface area contributed by atoms with Gasteiger partial charge in [0, 0.05) is 6.42 Å². The molecule has 0 saturated carbocycles. The molecule has 0 aromatic heterocycles. The highest BCUT2D eigenvalue weighted by atomic mass is 16.6. The van der Waals surface area contributed by atoms with Crippen molar-refractivity contribution in [2.24, 2.45) is 5.41 Å². The van der Waals surface area contributed by atoms with Crippen LogP contribution in [0.2, 0.25) is 0 Å². The monoisotopic (exact) mass is 230 g/mol. The normalized spacial score (nSPS) is 13.1. The van der Waals surface area contributed by atoms with Crippen LogP contribution in [0.25, 0.3) is 0 Å². The average Bonchev–Trinajstić information content (AvgIpc) is 2.13. The highest BCUT2D eigenvalue weighted by Gasteiger charge is 2.25. The maximum absolute atomic E-state index is 11.5. The first-order valence-electron chi connectivity index (χ1n) is 5.64. The Labute approximate surface area is 97.3 Å². The molecule has 0 aromatic carbocycles. The van der Waals surface area contributed by atoms with E-state index >= 15 is 0 Å². The SMILES string of the molecule is CCCC(=O)OCC(C)OC(=O)C(C)(C)C. The fourth-order valence-electron chi connectivity index (χ4n) is 0.880. The first-order chi connectivity index (χ1) is 7.27. The molecule has 0 N–H and O–H groups in total. The van der Waals surface area contributed by atoms with Crippen molar-refractivity contribution >= 4 is 11.9 Å². The molecule has 0 aliphatic rings. The molecule has 0 aliphatic carbocycles. The van der Waals surface area contributed by atoms with Gasteiger partial charge in [-0.3, -0.25) is 9.59 Å². The Kier molecular flexibility index (Phi) is 6.08. The van der Waals surface area contributed by atoms with Gasteiger partial charge in [0.2, 0.25) is 0 Å². The number of esters is 2. The maximum Gasteiger partial charge on any atom is 0.311 e. The van der Waals surface area contributed by atoms with Crippen LogP contribution in [0.1, 0.15) is 47.5 Å². The Balaban J connectivity index is 3.87. The Morgan fingerprint density at radius 1 is 1.25 bits per heavy atom. The van der Waals surface area contributed by atoms with Crippen molar-refractivity contribution < 1.29 is 19.1 Å². The van der Waals surface area contributed by atoms with Crippen LogP contribution in [-0.4, -0.2) is 24.6 Å². The van der Waals surface area contributed by atoms with E-state index < -0.39 is 11.5 Å². The average molecular weight is 230 g/mol. The highest BCUT2D eigenvalue weighted by Crippen LogP contribution is 2.16. The molecular weight excluding hydrogens is 208 g/mol. The minimum absolute atomic E-state index is 0.126. The molecule has 0 fully saturated rings. The van der Waals surface area contributed by atoms with Crippen LogP contribution in [0.4, 0.5) is 0 Å². The Bertz CT molecular complexity index is 240. The zero-order valence-electron chi connectivity index (χ0n) is 10.8. The molecule has 0 radical (unpaired) electrons. The second kappa shape index (κ2) is 6.51. The molecule has 0 heterocycles. The Morgan fingerprint density at radius 3 is 2.25 bits per heavy atom. The van der Waals surface area contributed by atoms with Gasteiger partial charge >= 0.3 is 11.9 Å². The number of carbonyl (C=O) groups is 2. The summed E-state index contributed by atoms with van der Waals surface area (Å²) in [6.45, 7) is 9.09. The molecule has 0 aliphatic heterocycles. The van der Waals surface area contributed by atoms with E-state index in [0.717, 1.165) is 6.42 Å². The molecule has 0 rings (SSSR count). The van der Waals surface area contributed by atoms with Crippen molar-refractivity contribution in [2.75, 3.05) is 6.61 Å². The minimum atomic E-state index is -0.526. The Morgan fingerprint density at radius 2 is 1.81 bits per heavy atom. The zero-order valence-corrected chi connectivity index (χ0v) is 10.8. The first-order valence-corrected chi connectivity index (χ1v) is 5.64. The summed E-state index contributed by atoms with van der Waals surface area (Å²) in [5, 5.41) is 0.